The van der Waals surface area contributed by atoms with Gasteiger partial charge in [-0.05, 0) is 17.7 Å². The standard InChI is InChI=1S/C18H14ClN5O3S3/c19-14-7-3-1-6-13(14)10-28-17-22-23-18(30-17)29-11-16(25)21-20-9-12-5-2-4-8-15(12)24(26)27/h1-9H,10-11H2,(H,21,25). The van der Waals surface area contributed by atoms with E-state index in [1.165, 1.54) is 47.1 Å². The van der Waals surface area contributed by atoms with Crippen LogP contribution in [0.3, 0.4) is 0 Å². The largest absolute Gasteiger partial charge is 0.278 e. The Hall–Kier alpha value is -2.47. The zero-order valence-electron chi connectivity index (χ0n) is 15.2. The van der Waals surface area contributed by atoms with E-state index in [1.54, 1.807) is 18.2 Å². The lowest BCUT2D eigenvalue weighted by Gasteiger charge is -2.00. The average Bonchev–Trinajstić information content (AvgIpc) is 3.20. The van der Waals surface area contributed by atoms with Crippen LogP contribution in [0, 0.1) is 10.1 Å². The first kappa shape index (κ1) is 22.2. The first-order chi connectivity index (χ1) is 14.5. The van der Waals surface area contributed by atoms with Crippen LogP contribution in [-0.4, -0.2) is 33.0 Å². The maximum Gasteiger partial charge on any atom is 0.278 e. The number of carbonyl (C=O) groups is 1. The highest BCUT2D eigenvalue weighted by Gasteiger charge is 2.11. The highest BCUT2D eigenvalue weighted by molar-refractivity contribution is 8.03. The van der Waals surface area contributed by atoms with Crippen LogP contribution in [0.4, 0.5) is 5.69 Å². The lowest BCUT2D eigenvalue weighted by molar-refractivity contribution is -0.385. The fraction of sp³-hybridized carbons (Fsp3) is 0.111. The Labute approximate surface area is 189 Å². The van der Waals surface area contributed by atoms with Gasteiger partial charge >= 0.3 is 0 Å². The Balaban J connectivity index is 1.45. The summed E-state index contributed by atoms with van der Waals surface area (Å²) in [6, 6.07) is 13.8. The van der Waals surface area contributed by atoms with Crippen molar-refractivity contribution in [1.29, 1.82) is 0 Å². The Morgan fingerprint density at radius 2 is 1.87 bits per heavy atom. The van der Waals surface area contributed by atoms with Crippen molar-refractivity contribution >= 4 is 64.3 Å². The molecule has 0 saturated carbocycles. The molecule has 0 aliphatic carbocycles. The monoisotopic (exact) mass is 479 g/mol. The van der Waals surface area contributed by atoms with Gasteiger partial charge in [-0.1, -0.05) is 76.8 Å². The molecule has 3 aromatic rings. The number of halogens is 1. The fourth-order valence-electron chi connectivity index (χ4n) is 2.17. The molecule has 1 amide bonds. The van der Waals surface area contributed by atoms with Gasteiger partial charge in [-0.15, -0.1) is 10.2 Å². The van der Waals surface area contributed by atoms with Crippen molar-refractivity contribution < 1.29 is 9.72 Å². The Morgan fingerprint density at radius 1 is 1.17 bits per heavy atom. The van der Waals surface area contributed by atoms with E-state index in [1.807, 2.05) is 24.3 Å². The number of aromatic nitrogens is 2. The molecule has 0 radical (unpaired) electrons. The third-order valence-electron chi connectivity index (χ3n) is 3.55. The fourth-order valence-corrected chi connectivity index (χ4v) is 5.26. The second-order valence-electron chi connectivity index (χ2n) is 5.61. The third kappa shape index (κ3) is 6.52. The topological polar surface area (TPSA) is 110 Å². The predicted molar refractivity (Wildman–Crippen MR) is 120 cm³/mol. The van der Waals surface area contributed by atoms with E-state index in [0.717, 1.165) is 9.90 Å². The molecule has 2 aromatic carbocycles. The van der Waals surface area contributed by atoms with Crippen molar-refractivity contribution in [3.05, 3.63) is 74.8 Å². The van der Waals surface area contributed by atoms with Crippen LogP contribution in [0.25, 0.3) is 0 Å². The molecule has 154 valence electrons. The molecule has 1 aromatic heterocycles. The lowest BCUT2D eigenvalue weighted by atomic mass is 10.2. The van der Waals surface area contributed by atoms with E-state index < -0.39 is 4.92 Å². The summed E-state index contributed by atoms with van der Waals surface area (Å²) in [5.41, 5.74) is 3.59. The number of nitro benzene ring substituents is 1. The summed E-state index contributed by atoms with van der Waals surface area (Å²) in [5.74, 6) is 0.424. The van der Waals surface area contributed by atoms with E-state index in [2.05, 4.69) is 20.7 Å². The van der Waals surface area contributed by atoms with Crippen LogP contribution in [0.15, 0.2) is 62.3 Å². The number of nitro groups is 1. The molecule has 0 spiro atoms. The molecule has 1 N–H and O–H groups in total. The molecule has 0 unspecified atom stereocenters. The van der Waals surface area contributed by atoms with Gasteiger partial charge in [0.1, 0.15) is 0 Å². The van der Waals surface area contributed by atoms with Gasteiger partial charge in [-0.25, -0.2) is 5.43 Å². The van der Waals surface area contributed by atoms with Crippen LogP contribution in [0.1, 0.15) is 11.1 Å². The predicted octanol–water partition coefficient (Wildman–Crippen LogP) is 4.63. The number of hydrogen-bond donors (Lipinski definition) is 1. The highest BCUT2D eigenvalue weighted by Crippen LogP contribution is 2.32. The summed E-state index contributed by atoms with van der Waals surface area (Å²) < 4.78 is 1.45. The number of nitrogens with one attached hydrogen (secondary N) is 1. The smallest absolute Gasteiger partial charge is 0.272 e. The normalized spacial score (nSPS) is 11.0. The number of nitrogens with zero attached hydrogens (tertiary/aromatic N) is 4. The molecule has 0 bridgehead atoms. The quantitative estimate of drug-likeness (QED) is 0.206. The van der Waals surface area contributed by atoms with Crippen molar-refractivity contribution in [3.8, 4) is 0 Å². The van der Waals surface area contributed by atoms with Crippen LogP contribution < -0.4 is 5.43 Å². The van der Waals surface area contributed by atoms with E-state index in [9.17, 15) is 14.9 Å². The van der Waals surface area contributed by atoms with Crippen LogP contribution in [0.2, 0.25) is 5.02 Å². The number of thioether (sulfide) groups is 2. The minimum Gasteiger partial charge on any atom is -0.272 e. The van der Waals surface area contributed by atoms with E-state index in [4.69, 9.17) is 11.6 Å². The van der Waals surface area contributed by atoms with Crippen LogP contribution in [0.5, 0.6) is 0 Å². The Bertz CT molecular complexity index is 1080. The molecule has 0 aliphatic heterocycles. The summed E-state index contributed by atoms with van der Waals surface area (Å²) >= 11 is 10.3. The second kappa shape index (κ2) is 11.1. The summed E-state index contributed by atoms with van der Waals surface area (Å²) in [6.07, 6.45) is 1.25. The molecule has 30 heavy (non-hydrogen) atoms. The van der Waals surface area contributed by atoms with Crippen molar-refractivity contribution in [1.82, 2.24) is 15.6 Å². The van der Waals surface area contributed by atoms with Crippen LogP contribution >= 0.6 is 46.5 Å². The van der Waals surface area contributed by atoms with Crippen molar-refractivity contribution in [2.75, 3.05) is 5.75 Å². The van der Waals surface area contributed by atoms with Crippen molar-refractivity contribution in [2.24, 2.45) is 5.10 Å². The molecule has 3 rings (SSSR count). The van der Waals surface area contributed by atoms with Gasteiger partial charge in [0, 0.05) is 16.8 Å². The van der Waals surface area contributed by atoms with Gasteiger partial charge in [0.25, 0.3) is 11.6 Å². The first-order valence-corrected chi connectivity index (χ1v) is 11.6. The first-order valence-electron chi connectivity index (χ1n) is 8.41. The molecule has 0 aliphatic rings. The molecular weight excluding hydrogens is 466 g/mol. The Kier molecular flexibility index (Phi) is 8.20. The summed E-state index contributed by atoms with van der Waals surface area (Å²) in [4.78, 5) is 22.4. The molecule has 1 heterocycles. The minimum absolute atomic E-state index is 0.0828. The van der Waals surface area contributed by atoms with Gasteiger partial charge in [0.05, 0.1) is 22.5 Å². The zero-order chi connectivity index (χ0) is 21.3. The number of hydrogen-bond acceptors (Lipinski definition) is 9. The molecule has 12 heteroatoms. The summed E-state index contributed by atoms with van der Waals surface area (Å²) in [7, 11) is 0. The third-order valence-corrected chi connectivity index (χ3v) is 7.16. The van der Waals surface area contributed by atoms with Gasteiger partial charge in [-0.2, -0.15) is 5.10 Å². The second-order valence-corrected chi connectivity index (χ2v) is 9.44. The molecule has 8 nitrogen and oxygen atoms in total. The SMILES string of the molecule is O=C(CSc1nnc(SCc2ccccc2Cl)s1)NN=Cc1ccccc1[N+](=O)[O-]. The zero-order valence-corrected chi connectivity index (χ0v) is 18.4. The molecule has 0 fully saturated rings. The number of hydrazone groups is 1. The number of benzene rings is 2. The van der Waals surface area contributed by atoms with Gasteiger partial charge in [0.15, 0.2) is 8.68 Å². The maximum atomic E-state index is 11.9. The Morgan fingerprint density at radius 3 is 2.63 bits per heavy atom. The van der Waals surface area contributed by atoms with Gasteiger partial charge < -0.3 is 0 Å². The van der Waals surface area contributed by atoms with Gasteiger partial charge in [-0.3, -0.25) is 14.9 Å². The lowest BCUT2D eigenvalue weighted by Crippen LogP contribution is -2.19. The van der Waals surface area contributed by atoms with E-state index in [-0.39, 0.29) is 17.3 Å². The number of rotatable bonds is 9. The van der Waals surface area contributed by atoms with Gasteiger partial charge in [0.2, 0.25) is 0 Å². The summed E-state index contributed by atoms with van der Waals surface area (Å²) in [6.45, 7) is 0. The number of carbonyl (C=O) groups excluding carboxylic acids is 1. The molecular formula is C18H14ClN5O3S3. The number of para-hydroxylation sites is 1. The average molecular weight is 480 g/mol. The minimum atomic E-state index is -0.504. The highest BCUT2D eigenvalue weighted by atomic mass is 35.5. The summed E-state index contributed by atoms with van der Waals surface area (Å²) in [5, 5.41) is 23.6. The molecule has 0 atom stereocenters. The maximum absolute atomic E-state index is 11.9. The molecule has 0 saturated heterocycles. The van der Waals surface area contributed by atoms with E-state index in [0.29, 0.717) is 20.7 Å². The van der Waals surface area contributed by atoms with Crippen molar-refractivity contribution in [3.63, 3.8) is 0 Å². The van der Waals surface area contributed by atoms with E-state index >= 15 is 0 Å². The van der Waals surface area contributed by atoms with Crippen LogP contribution in [-0.2, 0) is 10.5 Å². The number of amides is 1. The van der Waals surface area contributed by atoms with Crippen molar-refractivity contribution in [2.45, 2.75) is 14.4 Å².